The number of nitrogens with zero attached hydrogens (tertiary/aromatic N) is 2. The van der Waals surface area contributed by atoms with Gasteiger partial charge in [-0.1, -0.05) is 6.07 Å². The predicted octanol–water partition coefficient (Wildman–Crippen LogP) is 1.71. The Kier molecular flexibility index (Phi) is 4.26. The first-order valence-corrected chi connectivity index (χ1v) is 7.21. The number of hydrogen-bond donors (Lipinski definition) is 1. The maximum atomic E-state index is 13.0. The molecule has 108 valence electrons. The Morgan fingerprint density at radius 1 is 1.24 bits per heavy atom. The molecular weight excluding hydrogens is 300 g/mol. The summed E-state index contributed by atoms with van der Waals surface area (Å²) in [6.07, 6.45) is 1.30. The lowest BCUT2D eigenvalue weighted by Crippen LogP contribution is -2.24. The lowest BCUT2D eigenvalue weighted by Gasteiger charge is -2.08. The summed E-state index contributed by atoms with van der Waals surface area (Å²) < 4.78 is 52.2. The summed E-state index contributed by atoms with van der Waals surface area (Å²) in [4.78, 5) is 3.39. The Morgan fingerprint density at radius 3 is 2.67 bits per heavy atom. The fourth-order valence-corrected chi connectivity index (χ4v) is 2.72. The van der Waals surface area contributed by atoms with Crippen LogP contribution in [0.3, 0.4) is 0 Å². The van der Waals surface area contributed by atoms with Crippen LogP contribution in [-0.4, -0.2) is 13.4 Å². The van der Waals surface area contributed by atoms with E-state index in [4.69, 9.17) is 5.26 Å². The van der Waals surface area contributed by atoms with Crippen LogP contribution in [-0.2, 0) is 16.6 Å². The maximum Gasteiger partial charge on any atom is 0.243 e. The summed E-state index contributed by atoms with van der Waals surface area (Å²) in [5, 5.41) is 8.84. The van der Waals surface area contributed by atoms with Crippen LogP contribution in [0.4, 0.5) is 8.78 Å². The molecule has 1 aromatic carbocycles. The molecule has 1 N–H and O–H groups in total. The normalized spacial score (nSPS) is 11.1. The van der Waals surface area contributed by atoms with Crippen LogP contribution in [0.25, 0.3) is 0 Å². The van der Waals surface area contributed by atoms with Gasteiger partial charge in [-0.2, -0.15) is 5.26 Å². The van der Waals surface area contributed by atoms with Crippen molar-refractivity contribution in [3.63, 3.8) is 0 Å². The van der Waals surface area contributed by atoms with Crippen LogP contribution in [0.15, 0.2) is 41.4 Å². The van der Waals surface area contributed by atoms with Crippen molar-refractivity contribution < 1.29 is 17.2 Å². The summed E-state index contributed by atoms with van der Waals surface area (Å²) in [6, 6.07) is 7.35. The van der Waals surface area contributed by atoms with Gasteiger partial charge in [0.1, 0.15) is 11.0 Å². The Hall–Kier alpha value is -2.37. The topological polar surface area (TPSA) is 82.8 Å². The first-order valence-electron chi connectivity index (χ1n) is 5.73. The van der Waals surface area contributed by atoms with Crippen LogP contribution in [0, 0.1) is 23.0 Å². The van der Waals surface area contributed by atoms with Crippen LogP contribution < -0.4 is 4.72 Å². The van der Waals surface area contributed by atoms with Crippen LogP contribution in [0.2, 0.25) is 0 Å². The molecule has 21 heavy (non-hydrogen) atoms. The van der Waals surface area contributed by atoms with Crippen molar-refractivity contribution in [3.8, 4) is 6.07 Å². The van der Waals surface area contributed by atoms with Crippen LogP contribution >= 0.6 is 0 Å². The number of hydrogen-bond acceptors (Lipinski definition) is 4. The van der Waals surface area contributed by atoms with Gasteiger partial charge in [0.15, 0.2) is 17.3 Å². The number of rotatable bonds is 4. The van der Waals surface area contributed by atoms with Crippen molar-refractivity contribution in [1.82, 2.24) is 9.71 Å². The molecule has 0 radical (unpaired) electrons. The number of nitriles is 1. The van der Waals surface area contributed by atoms with Gasteiger partial charge in [0.05, 0.1) is 0 Å². The third-order valence-corrected chi connectivity index (χ3v) is 4.05. The molecule has 0 saturated carbocycles. The highest BCUT2D eigenvalue weighted by atomic mass is 32.2. The van der Waals surface area contributed by atoms with Crippen molar-refractivity contribution in [2.75, 3.05) is 0 Å². The van der Waals surface area contributed by atoms with Crippen molar-refractivity contribution in [2.24, 2.45) is 0 Å². The zero-order chi connectivity index (χ0) is 15.5. The van der Waals surface area contributed by atoms with Crippen LogP contribution in [0.1, 0.15) is 11.3 Å². The molecule has 0 aliphatic rings. The molecular formula is C13H9F2N3O2S. The van der Waals surface area contributed by atoms with Crippen molar-refractivity contribution in [2.45, 2.75) is 11.4 Å². The Labute approximate surface area is 119 Å². The second-order valence-electron chi connectivity index (χ2n) is 4.03. The molecule has 0 fully saturated rings. The van der Waals surface area contributed by atoms with E-state index in [1.807, 2.05) is 0 Å². The Morgan fingerprint density at radius 2 is 2.00 bits per heavy atom. The molecule has 2 rings (SSSR count). The van der Waals surface area contributed by atoms with Gasteiger partial charge in [-0.3, -0.25) is 0 Å². The second kappa shape index (κ2) is 5.95. The number of benzene rings is 1. The zero-order valence-corrected chi connectivity index (χ0v) is 11.4. The summed E-state index contributed by atoms with van der Waals surface area (Å²) >= 11 is 0. The molecule has 0 unspecified atom stereocenters. The van der Waals surface area contributed by atoms with Crippen molar-refractivity contribution in [1.29, 1.82) is 5.26 Å². The van der Waals surface area contributed by atoms with E-state index >= 15 is 0 Å². The summed E-state index contributed by atoms with van der Waals surface area (Å²) in [7, 11) is -3.98. The molecule has 1 aromatic heterocycles. The van der Waals surface area contributed by atoms with Gasteiger partial charge >= 0.3 is 0 Å². The maximum absolute atomic E-state index is 13.0. The van der Waals surface area contributed by atoms with E-state index < -0.39 is 21.7 Å². The standard InChI is InChI=1S/C13H9F2N3O2S/c14-10-4-3-9(6-11(10)15)8-18-21(19,20)13-2-1-5-17-12(13)7-16/h1-6,18H,8H2. The highest BCUT2D eigenvalue weighted by molar-refractivity contribution is 7.89. The molecule has 5 nitrogen and oxygen atoms in total. The molecule has 0 amide bonds. The number of aromatic nitrogens is 1. The highest BCUT2D eigenvalue weighted by Gasteiger charge is 2.19. The smallest absolute Gasteiger partial charge is 0.243 e. The average molecular weight is 309 g/mol. The largest absolute Gasteiger partial charge is 0.244 e. The lowest BCUT2D eigenvalue weighted by molar-refractivity contribution is 0.506. The number of nitrogens with one attached hydrogen (secondary N) is 1. The quantitative estimate of drug-likeness (QED) is 0.932. The monoisotopic (exact) mass is 309 g/mol. The van der Waals surface area contributed by atoms with Gasteiger partial charge in [0.2, 0.25) is 10.0 Å². The van der Waals surface area contributed by atoms with E-state index in [0.717, 1.165) is 12.1 Å². The molecule has 0 spiro atoms. The molecule has 0 aliphatic heterocycles. The predicted molar refractivity (Wildman–Crippen MR) is 69.3 cm³/mol. The summed E-state index contributed by atoms with van der Waals surface area (Å²) in [5.41, 5.74) is 0.00941. The highest BCUT2D eigenvalue weighted by Crippen LogP contribution is 2.13. The molecule has 0 saturated heterocycles. The zero-order valence-electron chi connectivity index (χ0n) is 10.5. The van der Waals surface area contributed by atoms with Gasteiger partial charge in [-0.15, -0.1) is 0 Å². The molecule has 0 atom stereocenters. The fraction of sp³-hybridized carbons (Fsp3) is 0.0769. The lowest BCUT2D eigenvalue weighted by atomic mass is 10.2. The van der Waals surface area contributed by atoms with E-state index in [9.17, 15) is 17.2 Å². The second-order valence-corrected chi connectivity index (χ2v) is 5.77. The van der Waals surface area contributed by atoms with Gasteiger partial charge in [0.25, 0.3) is 0 Å². The van der Waals surface area contributed by atoms with E-state index in [-0.39, 0.29) is 22.7 Å². The molecule has 2 aromatic rings. The molecule has 0 aliphatic carbocycles. The van der Waals surface area contributed by atoms with Gasteiger partial charge < -0.3 is 0 Å². The minimum Gasteiger partial charge on any atom is -0.244 e. The third-order valence-electron chi connectivity index (χ3n) is 2.62. The van der Waals surface area contributed by atoms with E-state index in [1.165, 1.54) is 24.4 Å². The first-order chi connectivity index (χ1) is 9.94. The average Bonchev–Trinajstić information content (AvgIpc) is 2.48. The Bertz CT molecular complexity index is 816. The van der Waals surface area contributed by atoms with Crippen LogP contribution in [0.5, 0.6) is 0 Å². The SMILES string of the molecule is N#Cc1ncccc1S(=O)(=O)NCc1ccc(F)c(F)c1. The molecule has 8 heteroatoms. The fourth-order valence-electron chi connectivity index (χ4n) is 1.60. The summed E-state index contributed by atoms with van der Waals surface area (Å²) in [6.45, 7) is -0.237. The third kappa shape index (κ3) is 3.39. The summed E-state index contributed by atoms with van der Waals surface area (Å²) in [5.74, 6) is -2.08. The molecule has 1 heterocycles. The first kappa shape index (κ1) is 15.0. The minimum atomic E-state index is -3.98. The number of pyridine rings is 1. The number of halogens is 2. The Balaban J connectivity index is 2.22. The van der Waals surface area contributed by atoms with Gasteiger partial charge in [-0.25, -0.2) is 26.9 Å². The van der Waals surface area contributed by atoms with Gasteiger partial charge in [-0.05, 0) is 29.8 Å². The minimum absolute atomic E-state index is 0.237. The number of sulfonamides is 1. The van der Waals surface area contributed by atoms with E-state index in [1.54, 1.807) is 6.07 Å². The molecule has 0 bridgehead atoms. The van der Waals surface area contributed by atoms with Gasteiger partial charge in [0, 0.05) is 12.7 Å². The van der Waals surface area contributed by atoms with Crippen molar-refractivity contribution in [3.05, 3.63) is 59.4 Å². The van der Waals surface area contributed by atoms with E-state index in [0.29, 0.717) is 0 Å². The van der Waals surface area contributed by atoms with E-state index in [2.05, 4.69) is 9.71 Å². The van der Waals surface area contributed by atoms with Crippen molar-refractivity contribution >= 4 is 10.0 Å².